The van der Waals surface area contributed by atoms with E-state index in [-0.39, 0.29) is 17.6 Å². The zero-order valence-corrected chi connectivity index (χ0v) is 13.5. The summed E-state index contributed by atoms with van der Waals surface area (Å²) in [5.41, 5.74) is 2.02. The van der Waals surface area contributed by atoms with E-state index >= 15 is 0 Å². The molecule has 22 heavy (non-hydrogen) atoms. The molecular formula is C18H21O3P. The van der Waals surface area contributed by atoms with Crippen LogP contribution in [0.5, 0.6) is 5.75 Å². The highest BCUT2D eigenvalue weighted by Crippen LogP contribution is 2.61. The van der Waals surface area contributed by atoms with Gasteiger partial charge in [0, 0.05) is 19.4 Å². The molecule has 4 aliphatic rings. The van der Waals surface area contributed by atoms with E-state index in [0.717, 1.165) is 18.1 Å². The number of phenols is 1. The molecule has 1 aromatic carbocycles. The van der Waals surface area contributed by atoms with Gasteiger partial charge in [-0.1, -0.05) is 6.07 Å². The molecule has 0 amide bonds. The number of aromatic hydroxyl groups is 1. The molecule has 116 valence electrons. The summed E-state index contributed by atoms with van der Waals surface area (Å²) in [6, 6.07) is 5.46. The Morgan fingerprint density at radius 3 is 2.41 bits per heavy atom. The maximum absolute atomic E-state index is 13.1. The molecule has 5 unspecified atom stereocenters. The molecule has 4 heteroatoms. The Morgan fingerprint density at radius 1 is 1.00 bits per heavy atom. The third-order valence-corrected chi connectivity index (χ3v) is 9.00. The number of aliphatic hydroxyl groups is 1. The van der Waals surface area contributed by atoms with Crippen molar-refractivity contribution >= 4 is 23.9 Å². The second kappa shape index (κ2) is 4.49. The zero-order chi connectivity index (χ0) is 15.0. The molecule has 0 saturated heterocycles. The van der Waals surface area contributed by atoms with Crippen LogP contribution in [0.1, 0.15) is 43.6 Å². The Morgan fingerprint density at radius 2 is 1.73 bits per heavy atom. The number of carbonyl (C=O) groups excluding carboxylic acids is 1. The summed E-state index contributed by atoms with van der Waals surface area (Å²) in [6.07, 6.45) is 5.80. The highest BCUT2D eigenvalue weighted by molar-refractivity contribution is 7.82. The Balaban J connectivity index is 1.66. The summed E-state index contributed by atoms with van der Waals surface area (Å²) in [5, 5.41) is 21.8. The minimum atomic E-state index is -1.71. The van der Waals surface area contributed by atoms with Crippen LogP contribution in [0.2, 0.25) is 0 Å². The van der Waals surface area contributed by atoms with Gasteiger partial charge >= 0.3 is 0 Å². The lowest BCUT2D eigenvalue weighted by Gasteiger charge is -2.23. The van der Waals surface area contributed by atoms with Crippen molar-refractivity contribution in [1.82, 2.24) is 0 Å². The fourth-order valence-corrected chi connectivity index (χ4v) is 8.46. The van der Waals surface area contributed by atoms with Crippen molar-refractivity contribution in [1.29, 1.82) is 0 Å². The van der Waals surface area contributed by atoms with Crippen molar-refractivity contribution in [2.45, 2.75) is 38.0 Å². The van der Waals surface area contributed by atoms with Crippen LogP contribution in [-0.2, 0) is 4.79 Å². The number of phenolic OH excluding ortho intramolecular Hbond substituents is 1. The van der Waals surface area contributed by atoms with Crippen LogP contribution in [0.3, 0.4) is 0 Å². The number of hydrogen-bond donors (Lipinski definition) is 2. The molecule has 5 atom stereocenters. The molecule has 3 fully saturated rings. The van der Waals surface area contributed by atoms with Gasteiger partial charge in [-0.3, -0.25) is 4.79 Å². The van der Waals surface area contributed by atoms with Crippen molar-refractivity contribution < 1.29 is 15.0 Å². The van der Waals surface area contributed by atoms with Crippen molar-refractivity contribution in [3.63, 3.8) is 0 Å². The monoisotopic (exact) mass is 316 g/mol. The Bertz CT molecular complexity index is 719. The van der Waals surface area contributed by atoms with E-state index in [1.807, 2.05) is 6.07 Å². The maximum atomic E-state index is 13.1. The third kappa shape index (κ3) is 1.70. The van der Waals surface area contributed by atoms with Crippen LogP contribution in [0.15, 0.2) is 18.2 Å². The molecule has 5 rings (SSSR count). The standard InChI is InChI=1S/C18H21O3P/c19-12-5-6-13(9-1-2-9)14(8-12)22-17(20)15-10-3-4-11(7-10)16(15)18(22)21/h5-6,8-11,15-16,19-20,22H,1-4,7H2. The van der Waals surface area contributed by atoms with Crippen LogP contribution < -0.4 is 5.30 Å². The summed E-state index contributed by atoms with van der Waals surface area (Å²) in [4.78, 5) is 13.1. The summed E-state index contributed by atoms with van der Waals surface area (Å²) in [7, 11) is -1.71. The normalized spacial score (nSPS) is 39.6. The number of fused-ring (bicyclic) bond motifs is 5. The molecule has 0 spiro atoms. The lowest BCUT2D eigenvalue weighted by Crippen LogP contribution is -2.27. The largest absolute Gasteiger partial charge is 0.508 e. The fourth-order valence-electron chi connectivity index (χ4n) is 5.30. The van der Waals surface area contributed by atoms with Gasteiger partial charge in [-0.15, -0.1) is 0 Å². The molecule has 1 aromatic rings. The topological polar surface area (TPSA) is 57.5 Å². The Labute approximate surface area is 130 Å². The zero-order valence-electron chi connectivity index (χ0n) is 12.5. The first kappa shape index (κ1) is 13.4. The number of rotatable bonds is 2. The van der Waals surface area contributed by atoms with Crippen LogP contribution in [-0.4, -0.2) is 21.2 Å². The van der Waals surface area contributed by atoms with Crippen LogP contribution in [0, 0.1) is 23.7 Å². The lowest BCUT2D eigenvalue weighted by atomic mass is 9.81. The van der Waals surface area contributed by atoms with Gasteiger partial charge in [-0.2, -0.15) is 0 Å². The molecule has 1 aliphatic heterocycles. The van der Waals surface area contributed by atoms with E-state index in [1.54, 1.807) is 12.1 Å². The first-order valence-electron chi connectivity index (χ1n) is 8.45. The van der Waals surface area contributed by atoms with Gasteiger partial charge in [-0.05, 0) is 72.9 Å². The lowest BCUT2D eigenvalue weighted by molar-refractivity contribution is -0.116. The Hall–Kier alpha value is -1.05. The van der Waals surface area contributed by atoms with Crippen LogP contribution in [0.25, 0.3) is 0 Å². The molecule has 1 heterocycles. The molecular weight excluding hydrogens is 295 g/mol. The molecule has 3 saturated carbocycles. The Kier molecular flexibility index (Phi) is 2.73. The van der Waals surface area contributed by atoms with Crippen LogP contribution >= 0.6 is 7.55 Å². The number of aliphatic hydroxyl groups excluding tert-OH is 1. The van der Waals surface area contributed by atoms with Crippen molar-refractivity contribution in [2.24, 2.45) is 23.7 Å². The SMILES string of the molecule is O=C1C2C3CCC(C3)C2C(O)=[PH]1c1cc(O)ccc1C1CC1. The first-order valence-corrected chi connectivity index (χ1v) is 9.95. The summed E-state index contributed by atoms with van der Waals surface area (Å²) in [6.45, 7) is 0. The first-order chi connectivity index (χ1) is 10.6. The van der Waals surface area contributed by atoms with Gasteiger partial charge in [0.2, 0.25) is 0 Å². The van der Waals surface area contributed by atoms with E-state index < -0.39 is 7.55 Å². The van der Waals surface area contributed by atoms with Gasteiger partial charge in [0.1, 0.15) is 5.75 Å². The summed E-state index contributed by atoms with van der Waals surface area (Å²) < 4.78 is 0. The molecule has 0 aromatic heterocycles. The van der Waals surface area contributed by atoms with Crippen LogP contribution in [0.4, 0.5) is 0 Å². The summed E-state index contributed by atoms with van der Waals surface area (Å²) in [5.74, 6) is 2.01. The van der Waals surface area contributed by atoms with E-state index in [2.05, 4.69) is 0 Å². The molecule has 2 bridgehead atoms. The third-order valence-electron chi connectivity index (χ3n) is 6.36. The smallest absolute Gasteiger partial charge is 0.161 e. The van der Waals surface area contributed by atoms with Gasteiger partial charge in [-0.25, -0.2) is 0 Å². The fraction of sp³-hybridized carbons (Fsp3) is 0.556. The molecule has 2 N–H and O–H groups in total. The predicted molar refractivity (Wildman–Crippen MR) is 87.8 cm³/mol. The second-order valence-corrected chi connectivity index (χ2v) is 9.85. The van der Waals surface area contributed by atoms with Crippen molar-refractivity contribution in [3.05, 3.63) is 23.8 Å². The van der Waals surface area contributed by atoms with Gasteiger partial charge in [0.05, 0.1) is 5.48 Å². The predicted octanol–water partition coefficient (Wildman–Crippen LogP) is 2.81. The minimum absolute atomic E-state index is 0.0852. The van der Waals surface area contributed by atoms with Crippen molar-refractivity contribution in [2.75, 3.05) is 0 Å². The van der Waals surface area contributed by atoms with E-state index in [0.29, 0.717) is 28.8 Å². The average molecular weight is 316 g/mol. The minimum Gasteiger partial charge on any atom is -0.508 e. The van der Waals surface area contributed by atoms with E-state index in [4.69, 9.17) is 0 Å². The quantitative estimate of drug-likeness (QED) is 0.825. The molecule has 3 aliphatic carbocycles. The van der Waals surface area contributed by atoms with Gasteiger partial charge < -0.3 is 10.2 Å². The van der Waals surface area contributed by atoms with Gasteiger partial charge in [0.25, 0.3) is 0 Å². The number of hydrogen-bond acceptors (Lipinski definition) is 2. The summed E-state index contributed by atoms with van der Waals surface area (Å²) >= 11 is 0. The van der Waals surface area contributed by atoms with Gasteiger partial charge in [0.15, 0.2) is 5.52 Å². The van der Waals surface area contributed by atoms with Crippen molar-refractivity contribution in [3.8, 4) is 5.75 Å². The second-order valence-electron chi connectivity index (χ2n) is 7.56. The highest BCUT2D eigenvalue weighted by atomic mass is 31.1. The number of benzene rings is 1. The highest BCUT2D eigenvalue weighted by Gasteiger charge is 2.56. The molecule has 0 radical (unpaired) electrons. The van der Waals surface area contributed by atoms with E-state index in [1.165, 1.54) is 24.8 Å². The number of carbonyl (C=O) groups is 1. The maximum Gasteiger partial charge on any atom is 0.161 e. The average Bonchev–Trinajstić information content (AvgIpc) is 3.03. The van der Waals surface area contributed by atoms with E-state index in [9.17, 15) is 15.0 Å². The molecule has 3 nitrogen and oxygen atoms in total.